The van der Waals surface area contributed by atoms with Gasteiger partial charge < -0.3 is 29.4 Å². The third-order valence-corrected chi connectivity index (χ3v) is 5.04. The Kier molecular flexibility index (Phi) is 5.89. The van der Waals surface area contributed by atoms with Crippen LogP contribution in [0.1, 0.15) is 5.56 Å². The van der Waals surface area contributed by atoms with Crippen LogP contribution in [0.4, 0.5) is 5.82 Å². The second kappa shape index (κ2) is 8.93. The van der Waals surface area contributed by atoms with E-state index in [4.69, 9.17) is 18.9 Å². The zero-order chi connectivity index (χ0) is 22.7. The van der Waals surface area contributed by atoms with Crippen molar-refractivity contribution in [1.29, 1.82) is 0 Å². The molecular weight excluding hydrogens is 412 g/mol. The minimum atomic E-state index is 0.0748. The van der Waals surface area contributed by atoms with Crippen LogP contribution in [0.15, 0.2) is 48.7 Å². The molecule has 32 heavy (non-hydrogen) atoms. The van der Waals surface area contributed by atoms with Crippen LogP contribution in [0.3, 0.4) is 0 Å². The lowest BCUT2D eigenvalue weighted by Gasteiger charge is -2.14. The van der Waals surface area contributed by atoms with E-state index < -0.39 is 0 Å². The number of fused-ring (bicyclic) bond motifs is 1. The molecule has 9 nitrogen and oxygen atoms in total. The number of nitrogens with zero attached hydrogens (tertiary/aromatic N) is 3. The molecule has 0 saturated heterocycles. The first-order valence-corrected chi connectivity index (χ1v) is 9.82. The Labute approximate surface area is 185 Å². The van der Waals surface area contributed by atoms with Crippen molar-refractivity contribution in [2.24, 2.45) is 0 Å². The summed E-state index contributed by atoms with van der Waals surface area (Å²) >= 11 is 0. The molecule has 4 aromatic rings. The van der Waals surface area contributed by atoms with Crippen LogP contribution >= 0.6 is 0 Å². The molecular formula is C23H24N4O5. The normalized spacial score (nSPS) is 10.8. The largest absolute Gasteiger partial charge is 0.504 e. The monoisotopic (exact) mass is 436 g/mol. The predicted octanol–water partition coefficient (Wildman–Crippen LogP) is 3.75. The fraction of sp³-hybridized carbons (Fsp3) is 0.217. The zero-order valence-electron chi connectivity index (χ0n) is 18.2. The summed E-state index contributed by atoms with van der Waals surface area (Å²) in [7, 11) is 6.26. The van der Waals surface area contributed by atoms with E-state index in [-0.39, 0.29) is 5.75 Å². The topological polar surface area (TPSA) is 99.4 Å². The molecule has 166 valence electrons. The number of hydrogen-bond donors (Lipinski definition) is 2. The number of imidazole rings is 1. The highest BCUT2D eigenvalue weighted by Gasteiger charge is 2.14. The Hall–Kier alpha value is -4.14. The quantitative estimate of drug-likeness (QED) is 0.431. The number of methoxy groups -OCH3 is 4. The van der Waals surface area contributed by atoms with Crippen LogP contribution in [-0.2, 0) is 6.54 Å². The van der Waals surface area contributed by atoms with E-state index in [1.807, 2.05) is 24.3 Å². The first-order chi connectivity index (χ1) is 15.6. The number of phenols is 1. The smallest absolute Gasteiger partial charge is 0.203 e. The SMILES string of the molecule is COc1cc(-c2cnc3ccc(NCc4cc(OC)c(OC)c(OC)c4)nn23)ccc1O. The van der Waals surface area contributed by atoms with Gasteiger partial charge in [0.15, 0.2) is 28.6 Å². The summed E-state index contributed by atoms with van der Waals surface area (Å²) < 4.78 is 23.2. The van der Waals surface area contributed by atoms with Gasteiger partial charge in [0.05, 0.1) is 40.3 Å². The second-order valence-corrected chi connectivity index (χ2v) is 6.91. The first-order valence-electron chi connectivity index (χ1n) is 9.82. The van der Waals surface area contributed by atoms with E-state index in [0.717, 1.165) is 16.8 Å². The molecule has 0 aliphatic rings. The van der Waals surface area contributed by atoms with Crippen molar-refractivity contribution in [3.8, 4) is 40.0 Å². The minimum absolute atomic E-state index is 0.0748. The van der Waals surface area contributed by atoms with Gasteiger partial charge in [0.1, 0.15) is 5.82 Å². The van der Waals surface area contributed by atoms with Gasteiger partial charge in [0.25, 0.3) is 0 Å². The van der Waals surface area contributed by atoms with Gasteiger partial charge >= 0.3 is 0 Å². The molecule has 2 aromatic heterocycles. The van der Waals surface area contributed by atoms with Gasteiger partial charge in [-0.15, -0.1) is 5.10 Å². The van der Waals surface area contributed by atoms with E-state index in [2.05, 4.69) is 15.4 Å². The number of benzene rings is 2. The van der Waals surface area contributed by atoms with Gasteiger partial charge in [-0.2, -0.15) is 0 Å². The first kappa shape index (κ1) is 21.1. The summed E-state index contributed by atoms with van der Waals surface area (Å²) in [6.45, 7) is 0.492. The molecule has 2 aromatic carbocycles. The number of aromatic nitrogens is 3. The molecule has 0 saturated carbocycles. The number of nitrogens with one attached hydrogen (secondary N) is 1. The van der Waals surface area contributed by atoms with Crippen LogP contribution in [0.2, 0.25) is 0 Å². The number of aromatic hydroxyl groups is 1. The van der Waals surface area contributed by atoms with Crippen molar-refractivity contribution in [1.82, 2.24) is 14.6 Å². The van der Waals surface area contributed by atoms with E-state index in [0.29, 0.717) is 41.0 Å². The third-order valence-electron chi connectivity index (χ3n) is 5.04. The maximum atomic E-state index is 9.88. The average Bonchev–Trinajstić information content (AvgIpc) is 3.25. The Balaban J connectivity index is 1.62. The summed E-state index contributed by atoms with van der Waals surface area (Å²) in [6.07, 6.45) is 1.73. The minimum Gasteiger partial charge on any atom is -0.504 e. The van der Waals surface area contributed by atoms with Crippen molar-refractivity contribution < 1.29 is 24.1 Å². The summed E-state index contributed by atoms with van der Waals surface area (Å²) in [4.78, 5) is 4.42. The lowest BCUT2D eigenvalue weighted by Crippen LogP contribution is -2.06. The Morgan fingerprint density at radius 2 is 1.59 bits per heavy atom. The van der Waals surface area contributed by atoms with E-state index in [1.54, 1.807) is 50.2 Å². The van der Waals surface area contributed by atoms with Gasteiger partial charge in [-0.25, -0.2) is 9.50 Å². The summed E-state index contributed by atoms with van der Waals surface area (Å²) in [6, 6.07) is 12.6. The van der Waals surface area contributed by atoms with Gasteiger partial charge in [-0.1, -0.05) is 0 Å². The molecule has 0 spiro atoms. The van der Waals surface area contributed by atoms with Crippen molar-refractivity contribution in [2.45, 2.75) is 6.54 Å². The average molecular weight is 436 g/mol. The van der Waals surface area contributed by atoms with Crippen LogP contribution in [-0.4, -0.2) is 48.1 Å². The summed E-state index contributed by atoms with van der Waals surface area (Å²) in [5, 5.41) is 17.9. The summed E-state index contributed by atoms with van der Waals surface area (Å²) in [5.74, 6) is 2.84. The van der Waals surface area contributed by atoms with E-state index >= 15 is 0 Å². The molecule has 0 radical (unpaired) electrons. The van der Waals surface area contributed by atoms with Crippen molar-refractivity contribution in [3.05, 3.63) is 54.2 Å². The highest BCUT2D eigenvalue weighted by Crippen LogP contribution is 2.38. The fourth-order valence-electron chi connectivity index (χ4n) is 3.43. The van der Waals surface area contributed by atoms with Gasteiger partial charge in [-0.3, -0.25) is 0 Å². The highest BCUT2D eigenvalue weighted by molar-refractivity contribution is 5.67. The third kappa shape index (κ3) is 3.92. The number of anilines is 1. The molecule has 0 bridgehead atoms. The Morgan fingerprint density at radius 1 is 0.875 bits per heavy atom. The molecule has 0 amide bonds. The Morgan fingerprint density at radius 3 is 2.25 bits per heavy atom. The van der Waals surface area contributed by atoms with Crippen molar-refractivity contribution in [3.63, 3.8) is 0 Å². The molecule has 0 fully saturated rings. The van der Waals surface area contributed by atoms with Crippen molar-refractivity contribution in [2.75, 3.05) is 33.8 Å². The highest BCUT2D eigenvalue weighted by atomic mass is 16.5. The standard InChI is InChI=1S/C23H24N4O5/c1-29-18-11-15(5-6-17(18)28)16-13-25-22-8-7-21(26-27(16)22)24-12-14-9-19(30-2)23(32-4)20(10-14)31-3/h5-11,13,28H,12H2,1-4H3,(H,24,26). The lowest BCUT2D eigenvalue weighted by atomic mass is 10.1. The number of rotatable bonds is 8. The number of hydrogen-bond acceptors (Lipinski definition) is 8. The fourth-order valence-corrected chi connectivity index (χ4v) is 3.43. The molecule has 0 unspecified atom stereocenters. The van der Waals surface area contributed by atoms with Crippen LogP contribution in [0.25, 0.3) is 16.9 Å². The van der Waals surface area contributed by atoms with E-state index in [9.17, 15) is 5.11 Å². The molecule has 0 aliphatic heterocycles. The summed E-state index contributed by atoms with van der Waals surface area (Å²) in [5.41, 5.74) is 3.23. The zero-order valence-corrected chi connectivity index (χ0v) is 18.2. The number of phenolic OH excluding ortho intramolecular Hbond substituents is 1. The van der Waals surface area contributed by atoms with Crippen molar-refractivity contribution >= 4 is 11.5 Å². The maximum absolute atomic E-state index is 9.88. The van der Waals surface area contributed by atoms with Gasteiger partial charge in [0.2, 0.25) is 5.75 Å². The predicted molar refractivity (Wildman–Crippen MR) is 120 cm³/mol. The lowest BCUT2D eigenvalue weighted by molar-refractivity contribution is 0.324. The second-order valence-electron chi connectivity index (χ2n) is 6.91. The van der Waals surface area contributed by atoms with Crippen LogP contribution in [0.5, 0.6) is 28.7 Å². The molecule has 0 aliphatic carbocycles. The van der Waals surface area contributed by atoms with Crippen LogP contribution < -0.4 is 24.3 Å². The molecule has 2 heterocycles. The van der Waals surface area contributed by atoms with Gasteiger partial charge in [-0.05, 0) is 48.0 Å². The van der Waals surface area contributed by atoms with E-state index in [1.165, 1.54) is 7.11 Å². The maximum Gasteiger partial charge on any atom is 0.203 e. The molecule has 0 atom stereocenters. The van der Waals surface area contributed by atoms with Gasteiger partial charge in [0, 0.05) is 12.1 Å². The molecule has 2 N–H and O–H groups in total. The molecule has 4 rings (SSSR count). The number of ether oxygens (including phenoxy) is 4. The Bertz CT molecular complexity index is 1230. The molecule has 9 heteroatoms. The van der Waals surface area contributed by atoms with Crippen LogP contribution in [0, 0.1) is 0 Å².